The van der Waals surface area contributed by atoms with Gasteiger partial charge in [-0.15, -0.1) is 0 Å². The lowest BCUT2D eigenvalue weighted by Crippen LogP contribution is -2.25. The van der Waals surface area contributed by atoms with Crippen LogP contribution in [0, 0.1) is 0 Å². The van der Waals surface area contributed by atoms with Crippen molar-refractivity contribution in [3.63, 3.8) is 0 Å². The molecule has 2 atom stereocenters. The Hall–Kier alpha value is -3.06. The van der Waals surface area contributed by atoms with Gasteiger partial charge in [-0.05, 0) is 51.3 Å². The summed E-state index contributed by atoms with van der Waals surface area (Å²) in [5.74, 6) is 0.905. The largest absolute Gasteiger partial charge is 0.388 e. The summed E-state index contributed by atoms with van der Waals surface area (Å²) >= 11 is 3.36. The van der Waals surface area contributed by atoms with Crippen molar-refractivity contribution in [3.8, 4) is 0 Å². The predicted molar refractivity (Wildman–Crippen MR) is 144 cm³/mol. The van der Waals surface area contributed by atoms with Crippen molar-refractivity contribution in [3.05, 3.63) is 124 Å². The Bertz CT molecular complexity index is 1190. The Morgan fingerprint density at radius 2 is 1.34 bits per heavy atom. The third-order valence-corrected chi connectivity index (χ3v) is 6.33. The van der Waals surface area contributed by atoms with Gasteiger partial charge in [-0.1, -0.05) is 72.8 Å². The van der Waals surface area contributed by atoms with Gasteiger partial charge in [-0.2, -0.15) is 0 Å². The van der Waals surface area contributed by atoms with Gasteiger partial charge in [0, 0.05) is 44.4 Å². The molecule has 0 radical (unpaired) electrons. The van der Waals surface area contributed by atoms with Crippen LogP contribution in [-0.2, 0) is 17.6 Å². The van der Waals surface area contributed by atoms with Gasteiger partial charge in [-0.3, -0.25) is 0 Å². The fraction of sp³-hybridized carbons (Fsp3) is 0.241. The molecule has 1 aliphatic heterocycles. The lowest BCUT2D eigenvalue weighted by Gasteiger charge is -2.17. The summed E-state index contributed by atoms with van der Waals surface area (Å²) in [5.41, 5.74) is 4.66. The van der Waals surface area contributed by atoms with E-state index in [0.717, 1.165) is 34.7 Å². The highest BCUT2D eigenvalue weighted by molar-refractivity contribution is 9.10. The number of aliphatic hydroxyl groups excluding tert-OH is 1. The number of halogens is 1. The zero-order valence-electron chi connectivity index (χ0n) is 19.8. The second-order valence-corrected chi connectivity index (χ2v) is 9.32. The first-order valence-corrected chi connectivity index (χ1v) is 12.5. The standard InChI is InChI=1S/C17H20N2O2.C12H10BrN/c1-21-16-12-19(11-15(16)20)17-9-5-8-14(18-17)10-13-6-3-2-4-7-13;13-12-8-4-7-11(14-12)9-10-5-2-1-3-6-10/h2-9,15-16,20H,10-12H2,1H3;1-8H,9H2/t15-,16-;/m1./s1. The van der Waals surface area contributed by atoms with Crippen LogP contribution in [-0.4, -0.2) is 47.5 Å². The van der Waals surface area contributed by atoms with Gasteiger partial charge in [0.15, 0.2) is 0 Å². The maximum Gasteiger partial charge on any atom is 0.128 e. The van der Waals surface area contributed by atoms with Crippen LogP contribution in [0.1, 0.15) is 22.5 Å². The zero-order chi connectivity index (χ0) is 24.5. The molecule has 5 rings (SSSR count). The maximum absolute atomic E-state index is 9.93. The number of aliphatic hydroxyl groups is 1. The molecule has 4 aromatic rings. The van der Waals surface area contributed by atoms with Crippen molar-refractivity contribution in [1.29, 1.82) is 0 Å². The van der Waals surface area contributed by atoms with E-state index in [-0.39, 0.29) is 6.10 Å². The molecule has 0 unspecified atom stereocenters. The van der Waals surface area contributed by atoms with Crippen LogP contribution in [0.25, 0.3) is 0 Å². The molecule has 1 N–H and O–H groups in total. The van der Waals surface area contributed by atoms with E-state index in [2.05, 4.69) is 50.1 Å². The van der Waals surface area contributed by atoms with Crippen molar-refractivity contribution in [1.82, 2.24) is 9.97 Å². The molecule has 5 nitrogen and oxygen atoms in total. The highest BCUT2D eigenvalue weighted by atomic mass is 79.9. The second kappa shape index (κ2) is 12.6. The highest BCUT2D eigenvalue weighted by Gasteiger charge is 2.31. The smallest absolute Gasteiger partial charge is 0.128 e. The zero-order valence-corrected chi connectivity index (χ0v) is 21.4. The van der Waals surface area contributed by atoms with Crippen molar-refractivity contribution in [2.45, 2.75) is 25.0 Å². The third-order valence-electron chi connectivity index (χ3n) is 5.88. The van der Waals surface area contributed by atoms with E-state index < -0.39 is 6.10 Å². The molecule has 0 spiro atoms. The number of pyridine rings is 2. The van der Waals surface area contributed by atoms with Gasteiger partial charge >= 0.3 is 0 Å². The number of anilines is 1. The van der Waals surface area contributed by atoms with Gasteiger partial charge in [0.25, 0.3) is 0 Å². The number of nitrogens with zero attached hydrogens (tertiary/aromatic N) is 3. The molecule has 3 heterocycles. The second-order valence-electron chi connectivity index (χ2n) is 8.51. The predicted octanol–water partition coefficient (Wildman–Crippen LogP) is 5.30. The first-order valence-electron chi connectivity index (χ1n) is 11.7. The molecule has 0 bridgehead atoms. The summed E-state index contributed by atoms with van der Waals surface area (Å²) in [6, 6.07) is 32.7. The molecule has 2 aromatic heterocycles. The van der Waals surface area contributed by atoms with Crippen LogP contribution in [0.3, 0.4) is 0 Å². The Morgan fingerprint density at radius 1 is 0.771 bits per heavy atom. The van der Waals surface area contributed by atoms with Crippen LogP contribution in [0.4, 0.5) is 5.82 Å². The van der Waals surface area contributed by atoms with Gasteiger partial charge in [0.05, 0.1) is 6.10 Å². The van der Waals surface area contributed by atoms with Gasteiger partial charge in [0.1, 0.15) is 16.5 Å². The normalized spacial score (nSPS) is 17.1. The minimum Gasteiger partial charge on any atom is -0.388 e. The lowest BCUT2D eigenvalue weighted by molar-refractivity contribution is 0.0217. The molecule has 1 aliphatic rings. The quantitative estimate of drug-likeness (QED) is 0.342. The average Bonchev–Trinajstić information content (AvgIpc) is 3.27. The number of hydrogen-bond acceptors (Lipinski definition) is 5. The molecule has 0 amide bonds. The van der Waals surface area contributed by atoms with Gasteiger partial charge in [0.2, 0.25) is 0 Å². The molecule has 0 aliphatic carbocycles. The number of hydrogen-bond donors (Lipinski definition) is 1. The van der Waals surface area contributed by atoms with Gasteiger partial charge in [-0.25, -0.2) is 9.97 Å². The van der Waals surface area contributed by atoms with Crippen molar-refractivity contribution in [2.75, 3.05) is 25.1 Å². The molecule has 2 aromatic carbocycles. The lowest BCUT2D eigenvalue weighted by atomic mass is 10.1. The monoisotopic (exact) mass is 531 g/mol. The van der Waals surface area contributed by atoms with Gasteiger partial charge < -0.3 is 14.7 Å². The van der Waals surface area contributed by atoms with Crippen LogP contribution in [0.15, 0.2) is 102 Å². The Labute approximate surface area is 215 Å². The van der Waals surface area contributed by atoms with E-state index in [9.17, 15) is 5.11 Å². The van der Waals surface area contributed by atoms with Crippen molar-refractivity contribution >= 4 is 21.7 Å². The first kappa shape index (κ1) is 25.0. The number of methoxy groups -OCH3 is 1. The molecule has 35 heavy (non-hydrogen) atoms. The number of aromatic nitrogens is 2. The summed E-state index contributed by atoms with van der Waals surface area (Å²) in [6.45, 7) is 1.25. The van der Waals surface area contributed by atoms with E-state index in [1.54, 1.807) is 7.11 Å². The molecule has 0 saturated carbocycles. The SMILES string of the molecule is Brc1cccc(Cc2ccccc2)n1.CO[C@@H]1CN(c2cccc(Cc3ccccc3)n2)C[C@H]1O. The maximum atomic E-state index is 9.93. The summed E-state index contributed by atoms with van der Waals surface area (Å²) < 4.78 is 6.18. The van der Waals surface area contributed by atoms with Crippen molar-refractivity contribution in [2.24, 2.45) is 0 Å². The Kier molecular flexibility index (Phi) is 9.01. The Balaban J connectivity index is 0.000000179. The number of rotatable bonds is 6. The first-order chi connectivity index (χ1) is 17.1. The van der Waals surface area contributed by atoms with Crippen LogP contribution >= 0.6 is 15.9 Å². The third kappa shape index (κ3) is 7.46. The van der Waals surface area contributed by atoms with Crippen molar-refractivity contribution < 1.29 is 9.84 Å². The molecule has 180 valence electrons. The summed E-state index contributed by atoms with van der Waals surface area (Å²) in [6.07, 6.45) is 1.12. The topological polar surface area (TPSA) is 58.5 Å². The molecule has 6 heteroatoms. The van der Waals surface area contributed by atoms with E-state index in [1.807, 2.05) is 72.8 Å². The average molecular weight is 532 g/mol. The van der Waals surface area contributed by atoms with E-state index in [1.165, 1.54) is 11.1 Å². The highest BCUT2D eigenvalue weighted by Crippen LogP contribution is 2.21. The fourth-order valence-electron chi connectivity index (χ4n) is 4.08. The van der Waals surface area contributed by atoms with E-state index >= 15 is 0 Å². The van der Waals surface area contributed by atoms with Crippen LogP contribution in [0.5, 0.6) is 0 Å². The fourth-order valence-corrected chi connectivity index (χ4v) is 4.46. The summed E-state index contributed by atoms with van der Waals surface area (Å²) in [5, 5.41) is 9.93. The minimum absolute atomic E-state index is 0.135. The van der Waals surface area contributed by atoms with E-state index in [4.69, 9.17) is 9.72 Å². The Morgan fingerprint density at radius 3 is 1.89 bits per heavy atom. The number of β-amino-alcohol motifs (C(OH)–C–C–N with tert-alkyl or cyclic N) is 1. The molecular formula is C29H30BrN3O2. The number of ether oxygens (including phenoxy) is 1. The summed E-state index contributed by atoms with van der Waals surface area (Å²) in [4.78, 5) is 11.2. The molecule has 1 fully saturated rings. The number of benzene rings is 2. The van der Waals surface area contributed by atoms with Crippen LogP contribution < -0.4 is 4.90 Å². The molecule has 1 saturated heterocycles. The van der Waals surface area contributed by atoms with E-state index in [0.29, 0.717) is 13.1 Å². The molecular weight excluding hydrogens is 502 g/mol. The van der Waals surface area contributed by atoms with Crippen LogP contribution in [0.2, 0.25) is 0 Å². The summed E-state index contributed by atoms with van der Waals surface area (Å²) in [7, 11) is 1.64. The minimum atomic E-state index is -0.449.